The minimum Gasteiger partial charge on any atom is -0.467 e. The fourth-order valence-electron chi connectivity index (χ4n) is 2.23. The van der Waals surface area contributed by atoms with Crippen LogP contribution in [0.5, 0.6) is 0 Å². The molecule has 0 bridgehead atoms. The Labute approximate surface area is 118 Å². The van der Waals surface area contributed by atoms with Gasteiger partial charge in [-0.25, -0.2) is 4.98 Å². The van der Waals surface area contributed by atoms with Crippen LogP contribution < -0.4 is 10.2 Å². The molecule has 0 aromatic carbocycles. The molecule has 0 aliphatic carbocycles. The molecule has 20 heavy (non-hydrogen) atoms. The lowest BCUT2D eigenvalue weighted by Gasteiger charge is -2.33. The fraction of sp³-hybridized carbons (Fsp3) is 0.429. The van der Waals surface area contributed by atoms with Gasteiger partial charge in [0.1, 0.15) is 11.6 Å². The minimum absolute atomic E-state index is 0.596. The smallest absolute Gasteiger partial charge is 0.224 e. The predicted octanol–water partition coefficient (Wildman–Crippen LogP) is 1.43. The van der Waals surface area contributed by atoms with Crippen molar-refractivity contribution >= 4 is 11.8 Å². The summed E-state index contributed by atoms with van der Waals surface area (Å²) in [7, 11) is 2.15. The van der Waals surface area contributed by atoms with Crippen molar-refractivity contribution in [3.05, 3.63) is 36.4 Å². The Balaban J connectivity index is 1.63. The molecule has 6 heteroatoms. The van der Waals surface area contributed by atoms with Gasteiger partial charge >= 0.3 is 0 Å². The van der Waals surface area contributed by atoms with E-state index in [0.29, 0.717) is 12.5 Å². The first-order valence-corrected chi connectivity index (χ1v) is 6.84. The summed E-state index contributed by atoms with van der Waals surface area (Å²) in [6.07, 6.45) is 3.46. The summed E-state index contributed by atoms with van der Waals surface area (Å²) < 4.78 is 5.28. The molecule has 0 radical (unpaired) electrons. The van der Waals surface area contributed by atoms with Crippen LogP contribution in [0.4, 0.5) is 11.8 Å². The Morgan fingerprint density at radius 3 is 2.85 bits per heavy atom. The van der Waals surface area contributed by atoms with Crippen LogP contribution >= 0.6 is 0 Å². The molecular weight excluding hydrogens is 254 g/mol. The van der Waals surface area contributed by atoms with Gasteiger partial charge in [0.25, 0.3) is 0 Å². The van der Waals surface area contributed by atoms with Gasteiger partial charge in [-0.1, -0.05) is 0 Å². The Bertz CT molecular complexity index is 534. The Hall–Kier alpha value is -2.08. The third-order valence-electron chi connectivity index (χ3n) is 3.47. The molecule has 6 nitrogen and oxygen atoms in total. The van der Waals surface area contributed by atoms with Crippen LogP contribution in [0.3, 0.4) is 0 Å². The number of rotatable bonds is 4. The number of furan rings is 1. The summed E-state index contributed by atoms with van der Waals surface area (Å²) in [4.78, 5) is 13.4. The number of aromatic nitrogens is 2. The van der Waals surface area contributed by atoms with Gasteiger partial charge in [-0.15, -0.1) is 0 Å². The van der Waals surface area contributed by atoms with Crippen molar-refractivity contribution < 1.29 is 4.42 Å². The van der Waals surface area contributed by atoms with Crippen LogP contribution in [0.1, 0.15) is 5.76 Å². The Morgan fingerprint density at radius 2 is 2.10 bits per heavy atom. The van der Waals surface area contributed by atoms with Gasteiger partial charge in [0.15, 0.2) is 0 Å². The molecule has 3 heterocycles. The summed E-state index contributed by atoms with van der Waals surface area (Å²) >= 11 is 0. The Kier molecular flexibility index (Phi) is 3.83. The molecule has 2 aromatic rings. The molecule has 1 aliphatic heterocycles. The van der Waals surface area contributed by atoms with E-state index in [1.807, 2.05) is 18.2 Å². The lowest BCUT2D eigenvalue weighted by molar-refractivity contribution is 0.312. The van der Waals surface area contributed by atoms with Gasteiger partial charge in [0.05, 0.1) is 12.8 Å². The molecule has 106 valence electrons. The van der Waals surface area contributed by atoms with Crippen molar-refractivity contribution in [2.45, 2.75) is 6.54 Å². The maximum absolute atomic E-state index is 5.28. The van der Waals surface area contributed by atoms with Gasteiger partial charge in [-0.05, 0) is 25.2 Å². The lowest BCUT2D eigenvalue weighted by Crippen LogP contribution is -2.44. The van der Waals surface area contributed by atoms with E-state index in [0.717, 1.165) is 37.8 Å². The highest BCUT2D eigenvalue weighted by atomic mass is 16.3. The van der Waals surface area contributed by atoms with Crippen LogP contribution in [0, 0.1) is 0 Å². The number of hydrogen-bond acceptors (Lipinski definition) is 6. The monoisotopic (exact) mass is 273 g/mol. The van der Waals surface area contributed by atoms with E-state index in [2.05, 4.69) is 32.1 Å². The molecule has 0 atom stereocenters. The van der Waals surface area contributed by atoms with Crippen LogP contribution in [-0.4, -0.2) is 48.1 Å². The SMILES string of the molecule is CN1CCN(c2ccnc(NCc3ccco3)n2)CC1. The van der Waals surface area contributed by atoms with E-state index in [4.69, 9.17) is 4.42 Å². The third-order valence-corrected chi connectivity index (χ3v) is 3.47. The van der Waals surface area contributed by atoms with E-state index < -0.39 is 0 Å². The minimum atomic E-state index is 0.596. The normalized spacial score (nSPS) is 16.4. The third kappa shape index (κ3) is 3.08. The maximum Gasteiger partial charge on any atom is 0.224 e. The van der Waals surface area contributed by atoms with Crippen molar-refractivity contribution in [3.8, 4) is 0 Å². The molecular formula is C14H19N5O. The van der Waals surface area contributed by atoms with E-state index >= 15 is 0 Å². The topological polar surface area (TPSA) is 57.4 Å². The number of piperazine rings is 1. The van der Waals surface area contributed by atoms with Gasteiger partial charge in [-0.2, -0.15) is 4.98 Å². The van der Waals surface area contributed by atoms with Crippen molar-refractivity contribution in [2.24, 2.45) is 0 Å². The average molecular weight is 273 g/mol. The first-order chi connectivity index (χ1) is 9.81. The van der Waals surface area contributed by atoms with E-state index in [-0.39, 0.29) is 0 Å². The number of anilines is 2. The van der Waals surface area contributed by atoms with Gasteiger partial charge in [-0.3, -0.25) is 0 Å². The summed E-state index contributed by atoms with van der Waals surface area (Å²) in [5.41, 5.74) is 0. The number of hydrogen-bond donors (Lipinski definition) is 1. The van der Waals surface area contributed by atoms with Crippen LogP contribution in [-0.2, 0) is 6.54 Å². The quantitative estimate of drug-likeness (QED) is 0.909. The molecule has 1 aliphatic rings. The lowest BCUT2D eigenvalue weighted by atomic mass is 10.3. The second-order valence-electron chi connectivity index (χ2n) is 4.96. The predicted molar refractivity (Wildman–Crippen MR) is 77.8 cm³/mol. The second-order valence-corrected chi connectivity index (χ2v) is 4.96. The molecule has 0 amide bonds. The first kappa shape index (κ1) is 12.9. The van der Waals surface area contributed by atoms with E-state index in [9.17, 15) is 0 Å². The zero-order valence-electron chi connectivity index (χ0n) is 11.6. The molecule has 0 spiro atoms. The molecule has 0 unspecified atom stereocenters. The van der Waals surface area contributed by atoms with Crippen LogP contribution in [0.2, 0.25) is 0 Å². The first-order valence-electron chi connectivity index (χ1n) is 6.84. The average Bonchev–Trinajstić information content (AvgIpc) is 3.00. The highest BCUT2D eigenvalue weighted by Crippen LogP contribution is 2.14. The van der Waals surface area contributed by atoms with Crippen LogP contribution in [0.25, 0.3) is 0 Å². The summed E-state index contributed by atoms with van der Waals surface area (Å²) in [5.74, 6) is 2.49. The zero-order valence-corrected chi connectivity index (χ0v) is 11.6. The second kappa shape index (κ2) is 5.92. The largest absolute Gasteiger partial charge is 0.467 e. The number of nitrogens with zero attached hydrogens (tertiary/aromatic N) is 4. The standard InChI is InChI=1S/C14H19N5O/c1-18-6-8-19(9-7-18)13-4-5-15-14(17-13)16-11-12-3-2-10-20-12/h2-5,10H,6-9,11H2,1H3,(H,15,16,17). The van der Waals surface area contributed by atoms with Gasteiger partial charge in [0.2, 0.25) is 5.95 Å². The molecule has 1 N–H and O–H groups in total. The summed E-state index contributed by atoms with van der Waals surface area (Å²) in [6.45, 7) is 4.74. The molecule has 0 saturated carbocycles. The van der Waals surface area contributed by atoms with Crippen molar-refractivity contribution in [1.82, 2.24) is 14.9 Å². The number of nitrogens with one attached hydrogen (secondary N) is 1. The summed E-state index contributed by atoms with van der Waals surface area (Å²) in [6, 6.07) is 5.76. The maximum atomic E-state index is 5.28. The fourth-order valence-corrected chi connectivity index (χ4v) is 2.23. The van der Waals surface area contributed by atoms with E-state index in [1.54, 1.807) is 12.5 Å². The summed E-state index contributed by atoms with van der Waals surface area (Å²) in [5, 5.41) is 3.18. The molecule has 1 fully saturated rings. The van der Waals surface area contributed by atoms with E-state index in [1.165, 1.54) is 0 Å². The Morgan fingerprint density at radius 1 is 1.25 bits per heavy atom. The number of likely N-dealkylation sites (N-methyl/N-ethyl adjacent to an activating group) is 1. The van der Waals surface area contributed by atoms with Crippen molar-refractivity contribution in [2.75, 3.05) is 43.4 Å². The van der Waals surface area contributed by atoms with Gasteiger partial charge in [0, 0.05) is 32.4 Å². The van der Waals surface area contributed by atoms with Gasteiger partial charge < -0.3 is 19.5 Å². The van der Waals surface area contributed by atoms with Crippen molar-refractivity contribution in [3.63, 3.8) is 0 Å². The zero-order chi connectivity index (χ0) is 13.8. The molecule has 1 saturated heterocycles. The molecule has 3 rings (SSSR count). The van der Waals surface area contributed by atoms with Crippen molar-refractivity contribution in [1.29, 1.82) is 0 Å². The van der Waals surface area contributed by atoms with Crippen LogP contribution in [0.15, 0.2) is 35.1 Å². The highest BCUT2D eigenvalue weighted by molar-refractivity contribution is 5.43. The molecule has 2 aromatic heterocycles. The highest BCUT2D eigenvalue weighted by Gasteiger charge is 2.15.